The van der Waals surface area contributed by atoms with Gasteiger partial charge in [-0.15, -0.1) is 0 Å². The minimum absolute atomic E-state index is 0. The third kappa shape index (κ3) is 6.14. The molecule has 0 atom stereocenters. The summed E-state index contributed by atoms with van der Waals surface area (Å²) in [6, 6.07) is 0. The largest absolute Gasteiger partial charge is 1.00 e. The normalized spacial score (nSPS) is 9.00. The molecule has 0 saturated heterocycles. The average molecular weight is 235 g/mol. The standard InChI is InChI=1S/C6H15N.Cs.H/c1-4-7(5-2)6-3;;/h4-6H2,1-3H3;;/q;+1;-1. The van der Waals surface area contributed by atoms with Crippen LogP contribution < -0.4 is 68.9 Å². The van der Waals surface area contributed by atoms with Crippen molar-refractivity contribution in [2.24, 2.45) is 0 Å². The molecular weight excluding hydrogens is 219 g/mol. The smallest absolute Gasteiger partial charge is 1.00 e. The molecule has 0 aromatic carbocycles. The maximum Gasteiger partial charge on any atom is 1.00 e. The Morgan fingerprint density at radius 1 is 1.00 bits per heavy atom. The van der Waals surface area contributed by atoms with E-state index in [2.05, 4.69) is 25.7 Å². The molecule has 2 heteroatoms. The van der Waals surface area contributed by atoms with Crippen molar-refractivity contribution in [1.82, 2.24) is 4.90 Å². The van der Waals surface area contributed by atoms with Crippen LogP contribution in [0.4, 0.5) is 0 Å². The van der Waals surface area contributed by atoms with Crippen LogP contribution in [-0.2, 0) is 0 Å². The Morgan fingerprint density at radius 2 is 1.25 bits per heavy atom. The fourth-order valence-electron chi connectivity index (χ4n) is 0.671. The van der Waals surface area contributed by atoms with Crippen molar-refractivity contribution in [3.8, 4) is 0 Å². The van der Waals surface area contributed by atoms with Crippen LogP contribution in [0.15, 0.2) is 0 Å². The van der Waals surface area contributed by atoms with E-state index < -0.39 is 0 Å². The van der Waals surface area contributed by atoms with Gasteiger partial charge in [0.25, 0.3) is 0 Å². The monoisotopic (exact) mass is 235 g/mol. The minimum atomic E-state index is 0. The molecule has 1 nitrogen and oxygen atoms in total. The summed E-state index contributed by atoms with van der Waals surface area (Å²) in [5, 5.41) is 0. The van der Waals surface area contributed by atoms with Crippen LogP contribution in [0.1, 0.15) is 22.2 Å². The van der Waals surface area contributed by atoms with Crippen LogP contribution in [0.2, 0.25) is 0 Å². The van der Waals surface area contributed by atoms with E-state index in [1.54, 1.807) is 0 Å². The van der Waals surface area contributed by atoms with Gasteiger partial charge >= 0.3 is 68.9 Å². The van der Waals surface area contributed by atoms with Crippen LogP contribution in [0.5, 0.6) is 0 Å². The van der Waals surface area contributed by atoms with E-state index in [0.717, 1.165) is 0 Å². The fraction of sp³-hybridized carbons (Fsp3) is 1.00. The second kappa shape index (κ2) is 9.01. The zero-order valence-corrected chi connectivity index (χ0v) is 12.8. The molecule has 8 heavy (non-hydrogen) atoms. The SMILES string of the molecule is CCN(CC)CC.[Cs+].[H-]. The summed E-state index contributed by atoms with van der Waals surface area (Å²) < 4.78 is 0. The van der Waals surface area contributed by atoms with Gasteiger partial charge in [-0.2, -0.15) is 0 Å². The first-order valence-electron chi connectivity index (χ1n) is 3.07. The van der Waals surface area contributed by atoms with Gasteiger partial charge in [-0.25, -0.2) is 0 Å². The molecule has 0 saturated carbocycles. The van der Waals surface area contributed by atoms with Crippen molar-refractivity contribution in [1.29, 1.82) is 0 Å². The van der Waals surface area contributed by atoms with Crippen LogP contribution in [0.3, 0.4) is 0 Å². The second-order valence-electron chi connectivity index (χ2n) is 1.62. The summed E-state index contributed by atoms with van der Waals surface area (Å²) in [6.07, 6.45) is 0. The minimum Gasteiger partial charge on any atom is -1.00 e. The quantitative estimate of drug-likeness (QED) is 0.573. The molecule has 0 aliphatic carbocycles. The van der Waals surface area contributed by atoms with Crippen molar-refractivity contribution < 1.29 is 70.3 Å². The predicted octanol–water partition coefficient (Wildman–Crippen LogP) is -1.54. The zero-order chi connectivity index (χ0) is 5.70. The molecule has 0 fully saturated rings. The maximum atomic E-state index is 2.38. The molecule has 0 unspecified atom stereocenters. The molecule has 0 spiro atoms. The Morgan fingerprint density at radius 3 is 1.25 bits per heavy atom. The molecule has 0 heterocycles. The third-order valence-electron chi connectivity index (χ3n) is 1.34. The first kappa shape index (κ1) is 12.7. The summed E-state index contributed by atoms with van der Waals surface area (Å²) in [7, 11) is 0. The first-order chi connectivity index (χ1) is 3.35. The van der Waals surface area contributed by atoms with E-state index in [0.29, 0.717) is 0 Å². The van der Waals surface area contributed by atoms with E-state index in [4.69, 9.17) is 0 Å². The Hall–Kier alpha value is 2.01. The molecule has 0 aliphatic heterocycles. The molecule has 0 aliphatic rings. The topological polar surface area (TPSA) is 3.24 Å². The van der Waals surface area contributed by atoms with E-state index in [-0.39, 0.29) is 70.3 Å². The van der Waals surface area contributed by atoms with Gasteiger partial charge in [0.1, 0.15) is 0 Å². The average Bonchev–Trinajstić information content (AvgIpc) is 1.72. The molecule has 0 N–H and O–H groups in total. The van der Waals surface area contributed by atoms with Gasteiger partial charge in [0.2, 0.25) is 0 Å². The third-order valence-corrected chi connectivity index (χ3v) is 1.34. The van der Waals surface area contributed by atoms with Gasteiger partial charge in [-0.3, -0.25) is 0 Å². The number of nitrogens with zero attached hydrogens (tertiary/aromatic N) is 1. The van der Waals surface area contributed by atoms with Gasteiger partial charge in [0.15, 0.2) is 0 Å². The van der Waals surface area contributed by atoms with Crippen LogP contribution in [0, 0.1) is 0 Å². The van der Waals surface area contributed by atoms with Gasteiger partial charge < -0.3 is 6.33 Å². The summed E-state index contributed by atoms with van der Waals surface area (Å²) in [4.78, 5) is 2.38. The summed E-state index contributed by atoms with van der Waals surface area (Å²) in [6.45, 7) is 10.1. The van der Waals surface area contributed by atoms with Gasteiger partial charge in [0.05, 0.1) is 0 Å². The Bertz CT molecular complexity index is 34.5. The fourth-order valence-corrected chi connectivity index (χ4v) is 0.671. The molecule has 0 aromatic rings. The summed E-state index contributed by atoms with van der Waals surface area (Å²) in [5.74, 6) is 0. The van der Waals surface area contributed by atoms with E-state index in [1.807, 2.05) is 0 Å². The molecule has 0 radical (unpaired) electrons. The Balaban J connectivity index is -0.000000180. The van der Waals surface area contributed by atoms with Crippen molar-refractivity contribution >= 4 is 0 Å². The van der Waals surface area contributed by atoms with Crippen LogP contribution >= 0.6 is 0 Å². The molecule has 0 aromatic heterocycles. The van der Waals surface area contributed by atoms with E-state index in [9.17, 15) is 0 Å². The number of hydrogen-bond acceptors (Lipinski definition) is 1. The van der Waals surface area contributed by atoms with E-state index >= 15 is 0 Å². The number of hydrogen-bond donors (Lipinski definition) is 0. The molecule has 0 rings (SSSR count). The Labute approximate surface area is 113 Å². The van der Waals surface area contributed by atoms with Gasteiger partial charge in [-0.05, 0) is 19.6 Å². The molecule has 0 bridgehead atoms. The summed E-state index contributed by atoms with van der Waals surface area (Å²) >= 11 is 0. The van der Waals surface area contributed by atoms with Crippen molar-refractivity contribution in [3.05, 3.63) is 0 Å². The van der Waals surface area contributed by atoms with Crippen molar-refractivity contribution in [2.45, 2.75) is 20.8 Å². The zero-order valence-electron chi connectivity index (χ0n) is 7.57. The van der Waals surface area contributed by atoms with Crippen molar-refractivity contribution in [2.75, 3.05) is 19.6 Å². The van der Waals surface area contributed by atoms with Gasteiger partial charge in [-0.1, -0.05) is 20.8 Å². The van der Waals surface area contributed by atoms with Gasteiger partial charge in [0, 0.05) is 0 Å². The van der Waals surface area contributed by atoms with Crippen LogP contribution in [0.25, 0.3) is 0 Å². The Kier molecular flexibility index (Phi) is 14.3. The number of rotatable bonds is 3. The molecular formula is C6H16CsN. The second-order valence-corrected chi connectivity index (χ2v) is 1.62. The summed E-state index contributed by atoms with van der Waals surface area (Å²) in [5.41, 5.74) is 0. The molecule has 0 amide bonds. The van der Waals surface area contributed by atoms with Crippen molar-refractivity contribution in [3.63, 3.8) is 0 Å². The van der Waals surface area contributed by atoms with E-state index in [1.165, 1.54) is 19.6 Å². The maximum absolute atomic E-state index is 2.38. The predicted molar refractivity (Wildman–Crippen MR) is 34.6 cm³/mol. The van der Waals surface area contributed by atoms with Crippen LogP contribution in [-0.4, -0.2) is 24.5 Å². The molecule has 46 valence electrons. The first-order valence-corrected chi connectivity index (χ1v) is 3.07.